The lowest BCUT2D eigenvalue weighted by Gasteiger charge is -2.23. The zero-order valence-electron chi connectivity index (χ0n) is 10.3. The van der Waals surface area contributed by atoms with E-state index in [0.29, 0.717) is 0 Å². The summed E-state index contributed by atoms with van der Waals surface area (Å²) in [7, 11) is 0. The second-order valence-corrected chi connectivity index (χ2v) is 7.77. The van der Waals surface area contributed by atoms with Crippen molar-refractivity contribution in [1.82, 2.24) is 5.48 Å². The Hall–Kier alpha value is -1.09. The summed E-state index contributed by atoms with van der Waals surface area (Å²) in [4.78, 5) is 8.26. The van der Waals surface area contributed by atoms with Crippen LogP contribution in [0.3, 0.4) is 0 Å². The SMILES string of the molecule is Brc1ccsc1C1=C2NON=C2N(c2sccc2Br)C=C1. The van der Waals surface area contributed by atoms with Crippen LogP contribution < -0.4 is 10.4 Å². The van der Waals surface area contributed by atoms with Gasteiger partial charge in [-0.1, -0.05) is 0 Å². The highest BCUT2D eigenvalue weighted by Crippen LogP contribution is 2.40. The van der Waals surface area contributed by atoms with E-state index in [4.69, 9.17) is 4.94 Å². The molecule has 0 unspecified atom stereocenters. The number of anilines is 1. The molecule has 4 nitrogen and oxygen atoms in total. The maximum Gasteiger partial charge on any atom is 0.207 e. The minimum absolute atomic E-state index is 0.760. The largest absolute Gasteiger partial charge is 0.287 e. The van der Waals surface area contributed by atoms with E-state index in [-0.39, 0.29) is 0 Å². The van der Waals surface area contributed by atoms with Crippen LogP contribution in [0.5, 0.6) is 0 Å². The van der Waals surface area contributed by atoms with Gasteiger partial charge in [0, 0.05) is 16.2 Å². The zero-order valence-corrected chi connectivity index (χ0v) is 15.1. The van der Waals surface area contributed by atoms with Gasteiger partial charge in [-0.3, -0.25) is 9.84 Å². The van der Waals surface area contributed by atoms with Gasteiger partial charge in [0.2, 0.25) is 5.84 Å². The molecule has 0 saturated heterocycles. The Bertz CT molecular complexity index is 806. The van der Waals surface area contributed by atoms with Gasteiger partial charge in [0.1, 0.15) is 10.7 Å². The Labute approximate surface area is 145 Å². The number of allylic oxidation sites excluding steroid dienone is 2. The molecule has 0 fully saturated rings. The quantitative estimate of drug-likeness (QED) is 0.713. The summed E-state index contributed by atoms with van der Waals surface area (Å²) in [5, 5.41) is 9.28. The minimum atomic E-state index is 0.760. The van der Waals surface area contributed by atoms with Gasteiger partial charge in [0.05, 0.1) is 9.35 Å². The summed E-state index contributed by atoms with van der Waals surface area (Å²) in [5.74, 6) is 0.760. The Balaban J connectivity index is 1.82. The number of fused-ring (bicyclic) bond motifs is 1. The van der Waals surface area contributed by atoms with Crippen molar-refractivity contribution in [2.24, 2.45) is 5.16 Å². The number of hydrogen-bond acceptors (Lipinski definition) is 6. The van der Waals surface area contributed by atoms with E-state index in [1.54, 1.807) is 22.7 Å². The maximum absolute atomic E-state index is 5.10. The number of nitrogens with one attached hydrogen (secondary N) is 1. The second kappa shape index (κ2) is 5.28. The van der Waals surface area contributed by atoms with E-state index in [9.17, 15) is 0 Å². The lowest BCUT2D eigenvalue weighted by molar-refractivity contribution is 0.0909. The van der Waals surface area contributed by atoms with Crippen molar-refractivity contribution in [3.63, 3.8) is 0 Å². The fourth-order valence-corrected chi connectivity index (χ4v) is 5.31. The Morgan fingerprint density at radius 1 is 1.14 bits per heavy atom. The molecule has 2 aliphatic rings. The first kappa shape index (κ1) is 13.6. The lowest BCUT2D eigenvalue weighted by atomic mass is 10.1. The van der Waals surface area contributed by atoms with Gasteiger partial charge in [-0.15, -0.1) is 22.7 Å². The number of thiophene rings is 2. The molecule has 0 aliphatic carbocycles. The number of halogens is 2. The molecule has 4 rings (SSSR count). The predicted molar refractivity (Wildman–Crippen MR) is 94.2 cm³/mol. The van der Waals surface area contributed by atoms with E-state index in [0.717, 1.165) is 35.9 Å². The number of oxime groups is 1. The van der Waals surface area contributed by atoms with Crippen molar-refractivity contribution in [3.8, 4) is 0 Å². The van der Waals surface area contributed by atoms with Gasteiger partial charge in [0.25, 0.3) is 0 Å². The molecule has 0 atom stereocenters. The molecule has 0 saturated carbocycles. The van der Waals surface area contributed by atoms with Crippen LogP contribution in [-0.2, 0) is 4.94 Å². The number of nitrogens with zero attached hydrogens (tertiary/aromatic N) is 2. The Morgan fingerprint density at radius 3 is 2.67 bits per heavy atom. The van der Waals surface area contributed by atoms with Crippen LogP contribution in [0.1, 0.15) is 4.88 Å². The van der Waals surface area contributed by atoms with Crippen molar-refractivity contribution >= 4 is 70.9 Å². The van der Waals surface area contributed by atoms with Crippen LogP contribution in [0.15, 0.2) is 55.0 Å². The highest BCUT2D eigenvalue weighted by atomic mass is 79.9. The monoisotopic (exact) mass is 443 g/mol. The van der Waals surface area contributed by atoms with Gasteiger partial charge in [-0.2, -0.15) is 5.48 Å². The van der Waals surface area contributed by atoms with Gasteiger partial charge in [-0.25, -0.2) is 0 Å². The van der Waals surface area contributed by atoms with Crippen LogP contribution in [0.2, 0.25) is 0 Å². The van der Waals surface area contributed by atoms with Gasteiger partial charge >= 0.3 is 0 Å². The molecule has 1 N–H and O–H groups in total. The third kappa shape index (κ3) is 2.17. The van der Waals surface area contributed by atoms with Gasteiger partial charge in [0.15, 0.2) is 0 Å². The van der Waals surface area contributed by atoms with E-state index in [2.05, 4.69) is 54.0 Å². The van der Waals surface area contributed by atoms with Crippen molar-refractivity contribution in [3.05, 3.63) is 54.7 Å². The van der Waals surface area contributed by atoms with Crippen molar-refractivity contribution in [1.29, 1.82) is 0 Å². The van der Waals surface area contributed by atoms with E-state index in [1.807, 2.05) is 28.6 Å². The van der Waals surface area contributed by atoms with E-state index >= 15 is 0 Å². The maximum atomic E-state index is 5.10. The molecular weight excluding hydrogens is 438 g/mol. The summed E-state index contributed by atoms with van der Waals surface area (Å²) in [6.07, 6.45) is 4.08. The van der Waals surface area contributed by atoms with E-state index < -0.39 is 0 Å². The number of hydroxylamine groups is 1. The molecule has 0 radical (unpaired) electrons. The second-order valence-electron chi connectivity index (χ2n) is 4.25. The van der Waals surface area contributed by atoms with Crippen molar-refractivity contribution in [2.45, 2.75) is 0 Å². The lowest BCUT2D eigenvalue weighted by Crippen LogP contribution is -2.30. The summed E-state index contributed by atoms with van der Waals surface area (Å²) in [6.45, 7) is 0. The minimum Gasteiger partial charge on any atom is -0.287 e. The molecule has 0 aromatic carbocycles. The third-order valence-electron chi connectivity index (χ3n) is 3.07. The molecular formula is C13H7Br2N3OS2. The summed E-state index contributed by atoms with van der Waals surface area (Å²) in [6, 6.07) is 4.06. The average Bonchev–Trinajstić information content (AvgIpc) is 3.18. The average molecular weight is 445 g/mol. The number of amidine groups is 1. The first-order chi connectivity index (χ1) is 10.3. The van der Waals surface area contributed by atoms with Crippen LogP contribution >= 0.6 is 54.5 Å². The molecule has 2 aromatic rings. The fourth-order valence-electron chi connectivity index (χ4n) is 2.14. The normalized spacial score (nSPS) is 16.7. The first-order valence-electron chi connectivity index (χ1n) is 5.94. The zero-order chi connectivity index (χ0) is 14.4. The Kier molecular flexibility index (Phi) is 3.41. The van der Waals surface area contributed by atoms with Crippen LogP contribution in [0, 0.1) is 0 Å². The molecule has 106 valence electrons. The first-order valence-corrected chi connectivity index (χ1v) is 9.28. The van der Waals surface area contributed by atoms with E-state index in [1.165, 1.54) is 0 Å². The number of hydrogen-bond donors (Lipinski definition) is 1. The molecule has 2 aromatic heterocycles. The topological polar surface area (TPSA) is 36.9 Å². The molecule has 0 amide bonds. The molecule has 21 heavy (non-hydrogen) atoms. The van der Waals surface area contributed by atoms with Crippen molar-refractivity contribution in [2.75, 3.05) is 4.90 Å². The summed E-state index contributed by atoms with van der Waals surface area (Å²) in [5.41, 5.74) is 4.84. The van der Waals surface area contributed by atoms with Crippen LogP contribution in [-0.4, -0.2) is 5.84 Å². The summed E-state index contributed by atoms with van der Waals surface area (Å²) < 4.78 is 2.10. The standard InChI is InChI=1S/C13H7Br2N3OS2/c14-8-2-5-20-11(8)7-1-4-18(12-10(7)16-19-17-12)13-9(15)3-6-21-13/h1-6,16H. The molecule has 2 aliphatic heterocycles. The predicted octanol–water partition coefficient (Wildman–Crippen LogP) is 4.93. The van der Waals surface area contributed by atoms with Gasteiger partial charge in [-0.05, 0) is 66.0 Å². The highest BCUT2D eigenvalue weighted by Gasteiger charge is 2.31. The molecule has 0 spiro atoms. The Morgan fingerprint density at radius 2 is 1.95 bits per heavy atom. The molecule has 0 bridgehead atoms. The third-order valence-corrected chi connectivity index (χ3v) is 6.76. The van der Waals surface area contributed by atoms with Crippen LogP contribution in [0.25, 0.3) is 5.57 Å². The van der Waals surface area contributed by atoms with Crippen molar-refractivity contribution < 1.29 is 4.94 Å². The molecule has 8 heteroatoms. The molecule has 4 heterocycles. The smallest absolute Gasteiger partial charge is 0.207 e. The number of rotatable bonds is 2. The summed E-state index contributed by atoms with van der Waals surface area (Å²) >= 11 is 10.5. The van der Waals surface area contributed by atoms with Crippen LogP contribution in [0.4, 0.5) is 5.00 Å². The van der Waals surface area contributed by atoms with Gasteiger partial charge < -0.3 is 0 Å². The highest BCUT2D eigenvalue weighted by molar-refractivity contribution is 9.11. The fraction of sp³-hybridized carbons (Fsp3) is 0.